The monoisotopic (exact) mass is 1000 g/mol. The lowest BCUT2D eigenvalue weighted by Gasteiger charge is -2.20. The third kappa shape index (κ3) is 7.09. The number of nitrogens with zero attached hydrogens (tertiary/aromatic N) is 3. The lowest BCUT2D eigenvalue weighted by molar-refractivity contribution is 0.668. The third-order valence-electron chi connectivity index (χ3n) is 15.7. The predicted octanol–water partition coefficient (Wildman–Crippen LogP) is 19.1. The zero-order chi connectivity index (χ0) is 51.4. The minimum absolute atomic E-state index is 0.531. The lowest BCUT2D eigenvalue weighted by atomic mass is 9.84. The van der Waals surface area contributed by atoms with Crippen LogP contribution < -0.4 is 0 Å². The van der Waals surface area contributed by atoms with Crippen LogP contribution in [-0.2, 0) is 6.42 Å². The van der Waals surface area contributed by atoms with Crippen molar-refractivity contribution in [1.82, 2.24) is 19.9 Å². The van der Waals surface area contributed by atoms with Gasteiger partial charge < -0.3 is 18.2 Å². The molecule has 1 N–H and O–H groups in total. The lowest BCUT2D eigenvalue weighted by Crippen LogP contribution is -2.03. The summed E-state index contributed by atoms with van der Waals surface area (Å²) in [6.45, 7) is 2.19. The predicted molar refractivity (Wildman–Crippen MR) is 318 cm³/mol. The van der Waals surface area contributed by atoms with Crippen LogP contribution in [0.15, 0.2) is 244 Å². The number of rotatable bonds is 8. The van der Waals surface area contributed by atoms with E-state index < -0.39 is 0 Å². The van der Waals surface area contributed by atoms with Gasteiger partial charge in [0.05, 0.1) is 0 Å². The minimum atomic E-state index is 0.531. The number of nitrogens with one attached hydrogen (secondary N) is 1. The molecule has 16 rings (SSSR count). The summed E-state index contributed by atoms with van der Waals surface area (Å²) in [6, 6.07) is 80.8. The van der Waals surface area contributed by atoms with Crippen LogP contribution in [-0.4, -0.2) is 19.9 Å². The van der Waals surface area contributed by atoms with E-state index in [0.717, 1.165) is 138 Å². The number of H-pyrrole nitrogens is 1. The molecule has 0 aliphatic heterocycles. The molecule has 5 aromatic heterocycles. The maximum atomic E-state index is 7.01. The fourth-order valence-electron chi connectivity index (χ4n) is 12.0. The van der Waals surface area contributed by atoms with Crippen LogP contribution in [0.2, 0.25) is 0 Å². The summed E-state index contributed by atoms with van der Waals surface area (Å²) in [5, 5.41) is 8.71. The van der Waals surface area contributed by atoms with Gasteiger partial charge in [-0.15, -0.1) is 0 Å². The molecule has 366 valence electrons. The van der Waals surface area contributed by atoms with Gasteiger partial charge in [-0.1, -0.05) is 164 Å². The van der Waals surface area contributed by atoms with Crippen LogP contribution in [0.25, 0.3) is 155 Å². The Morgan fingerprint density at radius 1 is 0.333 bits per heavy atom. The number of aromatic nitrogens is 4. The van der Waals surface area contributed by atoms with Crippen molar-refractivity contribution in [2.75, 3.05) is 0 Å². The molecule has 0 aliphatic rings. The van der Waals surface area contributed by atoms with Gasteiger partial charge in [0.2, 0.25) is 0 Å². The molecule has 0 saturated heterocycles. The molecule has 0 spiro atoms. The fraction of sp³-hybridized carbons (Fsp3) is 0.0282. The number of aryl methyl sites for hydroxylation is 1. The quantitative estimate of drug-likeness (QED) is 0.163. The highest BCUT2D eigenvalue weighted by Crippen LogP contribution is 2.45. The van der Waals surface area contributed by atoms with Crippen molar-refractivity contribution in [3.8, 4) is 67.5 Å². The van der Waals surface area contributed by atoms with Gasteiger partial charge in [-0.25, -0.2) is 15.0 Å². The molecule has 0 unspecified atom stereocenters. The molecular formula is C71H44N4O3. The van der Waals surface area contributed by atoms with E-state index in [4.69, 9.17) is 28.2 Å². The summed E-state index contributed by atoms with van der Waals surface area (Å²) >= 11 is 0. The van der Waals surface area contributed by atoms with Gasteiger partial charge in [0, 0.05) is 76.4 Å². The Morgan fingerprint density at radius 2 is 0.846 bits per heavy atom. The van der Waals surface area contributed by atoms with Gasteiger partial charge in [-0.3, -0.25) is 0 Å². The van der Waals surface area contributed by atoms with Crippen molar-refractivity contribution in [3.05, 3.63) is 247 Å². The van der Waals surface area contributed by atoms with Crippen molar-refractivity contribution >= 4 is 87.6 Å². The number of aromatic amines is 1. The Bertz CT molecular complexity index is 4890. The van der Waals surface area contributed by atoms with Crippen LogP contribution in [0.5, 0.6) is 0 Å². The van der Waals surface area contributed by atoms with E-state index in [9.17, 15) is 0 Å². The highest BCUT2D eigenvalue weighted by atomic mass is 16.3. The zero-order valence-corrected chi connectivity index (χ0v) is 42.2. The standard InChI is InChI=1S/C71H44N4O3/c1-41-28-31-54-59-39-61-58(49-22-10-13-25-60(49)72-61)40-66(59)78-68(54)67(41)48-21-9-8-20-44(48)34-57-55(42-16-4-2-5-17-42)35-47(36-56(57)43-18-6-3-7-19-43)71-74-69(45-29-32-52-50-23-11-14-26-62(50)76-64(52)37-45)73-70(75-71)46-30-33-53-51-24-12-15-27-63(51)77-65(53)38-46/h2-33,35-40,72H,34H2,1H3. The summed E-state index contributed by atoms with van der Waals surface area (Å²) in [7, 11) is 0. The second-order valence-electron chi connectivity index (χ2n) is 20.3. The van der Waals surface area contributed by atoms with Gasteiger partial charge in [-0.2, -0.15) is 0 Å². The summed E-state index contributed by atoms with van der Waals surface area (Å²) in [5.41, 5.74) is 19.7. The first kappa shape index (κ1) is 44.0. The fourth-order valence-corrected chi connectivity index (χ4v) is 12.0. The Hall–Kier alpha value is -10.4. The van der Waals surface area contributed by atoms with E-state index in [1.165, 1.54) is 16.5 Å². The average Bonchev–Trinajstić information content (AvgIpc) is 4.34. The second kappa shape index (κ2) is 17.3. The number of furan rings is 3. The smallest absolute Gasteiger partial charge is 0.164 e. The van der Waals surface area contributed by atoms with E-state index in [1.807, 2.05) is 48.5 Å². The van der Waals surface area contributed by atoms with E-state index in [-0.39, 0.29) is 0 Å². The normalized spacial score (nSPS) is 12.0. The number of hydrogen-bond donors (Lipinski definition) is 1. The Kier molecular flexibility index (Phi) is 9.78. The Balaban J connectivity index is 0.895. The molecule has 5 heterocycles. The Labute approximate surface area is 446 Å². The van der Waals surface area contributed by atoms with Crippen LogP contribution >= 0.6 is 0 Å². The third-order valence-corrected chi connectivity index (χ3v) is 15.7. The maximum Gasteiger partial charge on any atom is 0.164 e. The summed E-state index contributed by atoms with van der Waals surface area (Å²) < 4.78 is 19.9. The molecule has 0 bridgehead atoms. The molecule has 16 aromatic rings. The van der Waals surface area contributed by atoms with Gasteiger partial charge in [0.1, 0.15) is 33.5 Å². The summed E-state index contributed by atoms with van der Waals surface area (Å²) in [5.74, 6) is 1.61. The molecule has 0 fully saturated rings. The molecule has 7 nitrogen and oxygen atoms in total. The molecule has 78 heavy (non-hydrogen) atoms. The number of para-hydroxylation sites is 3. The van der Waals surface area contributed by atoms with Crippen molar-refractivity contribution in [2.45, 2.75) is 13.3 Å². The van der Waals surface area contributed by atoms with Gasteiger partial charge in [-0.05, 0) is 125 Å². The van der Waals surface area contributed by atoms with Gasteiger partial charge in [0.15, 0.2) is 17.5 Å². The van der Waals surface area contributed by atoms with Crippen LogP contribution in [0.1, 0.15) is 16.7 Å². The number of fused-ring (bicyclic) bond motifs is 12. The molecule has 0 saturated carbocycles. The topological polar surface area (TPSA) is 93.9 Å². The molecule has 7 heteroatoms. The van der Waals surface area contributed by atoms with Crippen LogP contribution in [0.3, 0.4) is 0 Å². The first-order valence-electron chi connectivity index (χ1n) is 26.4. The van der Waals surface area contributed by atoms with Gasteiger partial charge >= 0.3 is 0 Å². The van der Waals surface area contributed by atoms with Crippen LogP contribution in [0, 0.1) is 6.92 Å². The van der Waals surface area contributed by atoms with Crippen molar-refractivity contribution in [2.24, 2.45) is 0 Å². The summed E-state index contributed by atoms with van der Waals surface area (Å²) in [4.78, 5) is 19.7. The maximum absolute atomic E-state index is 7.01. The SMILES string of the molecule is Cc1ccc2c(oc3cc4c(cc32)[nH]c2ccccc24)c1-c1ccccc1Cc1c(-c2ccccc2)cc(-c2nc(-c3ccc4c(c3)oc3ccccc34)nc(-c3ccc4c(c3)oc3ccccc34)n2)cc1-c1ccccc1. The minimum Gasteiger partial charge on any atom is -0.456 e. The average molecular weight is 1000 g/mol. The van der Waals surface area contributed by atoms with E-state index in [2.05, 4.69) is 194 Å². The molecule has 0 atom stereocenters. The van der Waals surface area contributed by atoms with E-state index in [1.54, 1.807) is 0 Å². The second-order valence-corrected chi connectivity index (χ2v) is 20.3. The van der Waals surface area contributed by atoms with Crippen molar-refractivity contribution < 1.29 is 13.3 Å². The molecule has 11 aromatic carbocycles. The van der Waals surface area contributed by atoms with Crippen LogP contribution in [0.4, 0.5) is 0 Å². The largest absolute Gasteiger partial charge is 0.456 e. The van der Waals surface area contributed by atoms with E-state index in [0.29, 0.717) is 23.9 Å². The first-order valence-corrected chi connectivity index (χ1v) is 26.4. The Morgan fingerprint density at radius 3 is 1.49 bits per heavy atom. The summed E-state index contributed by atoms with van der Waals surface area (Å²) in [6.07, 6.45) is 0.624. The molecular weight excluding hydrogens is 957 g/mol. The van der Waals surface area contributed by atoms with E-state index >= 15 is 0 Å². The highest BCUT2D eigenvalue weighted by Gasteiger charge is 2.24. The van der Waals surface area contributed by atoms with Crippen molar-refractivity contribution in [3.63, 3.8) is 0 Å². The number of hydrogen-bond acceptors (Lipinski definition) is 6. The number of benzene rings is 11. The van der Waals surface area contributed by atoms with Gasteiger partial charge in [0.25, 0.3) is 0 Å². The molecule has 0 aliphatic carbocycles. The molecule has 0 radical (unpaired) electrons. The van der Waals surface area contributed by atoms with Crippen molar-refractivity contribution in [1.29, 1.82) is 0 Å². The first-order chi connectivity index (χ1) is 38.5. The molecule has 0 amide bonds. The zero-order valence-electron chi connectivity index (χ0n) is 42.2. The highest BCUT2D eigenvalue weighted by molar-refractivity contribution is 6.18.